The Morgan fingerprint density at radius 3 is 3.21 bits per heavy atom. The summed E-state index contributed by atoms with van der Waals surface area (Å²) in [7, 11) is 0. The zero-order chi connectivity index (χ0) is 13.2. The minimum absolute atomic E-state index is 0.111. The number of fused-ring (bicyclic) bond motifs is 1. The predicted octanol–water partition coefficient (Wildman–Crippen LogP) is 2.42. The number of ether oxygens (including phenoxy) is 1. The Morgan fingerprint density at radius 2 is 2.37 bits per heavy atom. The quantitative estimate of drug-likeness (QED) is 0.899. The summed E-state index contributed by atoms with van der Waals surface area (Å²) in [6.45, 7) is 4.05. The Labute approximate surface area is 112 Å². The molecule has 4 nitrogen and oxygen atoms in total. The number of H-pyrrole nitrogens is 1. The van der Waals surface area contributed by atoms with E-state index < -0.39 is 0 Å². The number of hydrogen-bond acceptors (Lipinski definition) is 2. The van der Waals surface area contributed by atoms with Crippen LogP contribution in [0.4, 0.5) is 0 Å². The molecule has 0 spiro atoms. The van der Waals surface area contributed by atoms with E-state index in [1.54, 1.807) is 0 Å². The van der Waals surface area contributed by atoms with E-state index in [0.717, 1.165) is 22.9 Å². The van der Waals surface area contributed by atoms with E-state index in [1.165, 1.54) is 0 Å². The normalized spacial score (nSPS) is 19.8. The number of carbonyl (C=O) groups excluding carboxylic acids is 1. The molecule has 3 rings (SSSR count). The minimum Gasteiger partial charge on any atom is -0.377 e. The number of aromatic amines is 1. The summed E-state index contributed by atoms with van der Waals surface area (Å²) in [6.07, 6.45) is 2.80. The van der Waals surface area contributed by atoms with E-state index in [4.69, 9.17) is 4.74 Å². The number of nitrogens with zero attached hydrogens (tertiary/aromatic N) is 1. The molecular formula is C15H18N2O2. The maximum absolute atomic E-state index is 12.7. The Balaban J connectivity index is 1.96. The van der Waals surface area contributed by atoms with Gasteiger partial charge < -0.3 is 14.6 Å². The lowest BCUT2D eigenvalue weighted by molar-refractivity contribution is -0.00269. The third kappa shape index (κ3) is 2.12. The second-order valence-corrected chi connectivity index (χ2v) is 4.88. The maximum atomic E-state index is 12.7. The largest absolute Gasteiger partial charge is 0.377 e. The molecule has 0 saturated carbocycles. The summed E-state index contributed by atoms with van der Waals surface area (Å²) in [5.74, 6) is 0.111. The fourth-order valence-electron chi connectivity index (χ4n) is 2.69. The number of rotatable bonds is 2. The highest BCUT2D eigenvalue weighted by Gasteiger charge is 2.27. The van der Waals surface area contributed by atoms with Gasteiger partial charge in [-0.1, -0.05) is 13.0 Å². The van der Waals surface area contributed by atoms with Crippen molar-refractivity contribution >= 4 is 16.8 Å². The molecule has 100 valence electrons. The number of morpholine rings is 1. The Hall–Kier alpha value is -1.81. The molecule has 1 amide bonds. The molecule has 0 radical (unpaired) electrons. The van der Waals surface area contributed by atoms with Crippen LogP contribution in [-0.4, -0.2) is 41.6 Å². The van der Waals surface area contributed by atoms with E-state index in [1.807, 2.05) is 35.4 Å². The third-order valence-electron chi connectivity index (χ3n) is 3.79. The fourth-order valence-corrected chi connectivity index (χ4v) is 2.69. The van der Waals surface area contributed by atoms with Crippen molar-refractivity contribution < 1.29 is 9.53 Å². The summed E-state index contributed by atoms with van der Waals surface area (Å²) in [6, 6.07) is 7.97. The van der Waals surface area contributed by atoms with Gasteiger partial charge in [-0.2, -0.15) is 0 Å². The van der Waals surface area contributed by atoms with Crippen molar-refractivity contribution in [2.24, 2.45) is 0 Å². The maximum Gasteiger partial charge on any atom is 0.254 e. The average molecular weight is 258 g/mol. The van der Waals surface area contributed by atoms with Gasteiger partial charge in [-0.25, -0.2) is 0 Å². The number of aromatic nitrogens is 1. The van der Waals surface area contributed by atoms with E-state index >= 15 is 0 Å². The van der Waals surface area contributed by atoms with Crippen molar-refractivity contribution in [3.8, 4) is 0 Å². The lowest BCUT2D eigenvalue weighted by atomic mass is 10.1. The van der Waals surface area contributed by atoms with Gasteiger partial charge in [0.15, 0.2) is 0 Å². The summed E-state index contributed by atoms with van der Waals surface area (Å²) in [5.41, 5.74) is 1.78. The molecule has 1 atom stereocenters. The van der Waals surface area contributed by atoms with Crippen LogP contribution in [0.1, 0.15) is 23.7 Å². The van der Waals surface area contributed by atoms with E-state index in [9.17, 15) is 4.79 Å². The highest BCUT2D eigenvalue weighted by atomic mass is 16.5. The van der Waals surface area contributed by atoms with E-state index in [0.29, 0.717) is 19.8 Å². The summed E-state index contributed by atoms with van der Waals surface area (Å²) < 4.78 is 5.46. The van der Waals surface area contributed by atoms with Crippen LogP contribution in [0.3, 0.4) is 0 Å². The van der Waals surface area contributed by atoms with Crippen LogP contribution in [-0.2, 0) is 4.74 Å². The summed E-state index contributed by atoms with van der Waals surface area (Å²) in [5, 5.41) is 0.994. The van der Waals surface area contributed by atoms with Crippen molar-refractivity contribution in [2.75, 3.05) is 19.8 Å². The topological polar surface area (TPSA) is 45.3 Å². The number of hydrogen-bond donors (Lipinski definition) is 1. The molecule has 19 heavy (non-hydrogen) atoms. The molecule has 1 aromatic heterocycles. The van der Waals surface area contributed by atoms with Crippen molar-refractivity contribution in [2.45, 2.75) is 19.4 Å². The molecule has 1 aromatic carbocycles. The minimum atomic E-state index is 0.111. The van der Waals surface area contributed by atoms with Crippen LogP contribution in [0.2, 0.25) is 0 Å². The molecule has 1 saturated heterocycles. The number of nitrogens with one attached hydrogen (secondary N) is 1. The van der Waals surface area contributed by atoms with Gasteiger partial charge in [0.2, 0.25) is 0 Å². The standard InChI is InChI=1S/C15H18N2O2/c1-2-11-10-19-9-8-17(11)15(18)13-4-3-5-14-12(13)6-7-16-14/h3-7,11,16H,2,8-10H2,1H3. The Bertz CT molecular complexity index is 591. The molecule has 2 heterocycles. The molecule has 1 aliphatic rings. The van der Waals surface area contributed by atoms with E-state index in [-0.39, 0.29) is 11.9 Å². The molecule has 2 aromatic rings. The van der Waals surface area contributed by atoms with Crippen LogP contribution >= 0.6 is 0 Å². The van der Waals surface area contributed by atoms with Crippen LogP contribution in [0.15, 0.2) is 30.5 Å². The van der Waals surface area contributed by atoms with Crippen LogP contribution < -0.4 is 0 Å². The fraction of sp³-hybridized carbons (Fsp3) is 0.400. The first-order valence-electron chi connectivity index (χ1n) is 6.76. The van der Waals surface area contributed by atoms with Gasteiger partial charge in [-0.15, -0.1) is 0 Å². The van der Waals surface area contributed by atoms with Gasteiger partial charge in [-0.3, -0.25) is 4.79 Å². The molecule has 0 aliphatic carbocycles. The first kappa shape index (κ1) is 12.2. The Kier molecular flexibility index (Phi) is 3.25. The van der Waals surface area contributed by atoms with Crippen LogP contribution in [0.25, 0.3) is 10.9 Å². The molecule has 1 aliphatic heterocycles. The summed E-state index contributed by atoms with van der Waals surface area (Å²) in [4.78, 5) is 17.8. The van der Waals surface area contributed by atoms with Crippen molar-refractivity contribution in [3.05, 3.63) is 36.0 Å². The second kappa shape index (κ2) is 5.05. The lowest BCUT2D eigenvalue weighted by Gasteiger charge is -2.35. The van der Waals surface area contributed by atoms with Crippen molar-refractivity contribution in [1.82, 2.24) is 9.88 Å². The predicted molar refractivity (Wildman–Crippen MR) is 74.2 cm³/mol. The van der Waals surface area contributed by atoms with Gasteiger partial charge >= 0.3 is 0 Å². The second-order valence-electron chi connectivity index (χ2n) is 4.88. The highest BCUT2D eigenvalue weighted by molar-refractivity contribution is 6.06. The number of carbonyl (C=O) groups is 1. The first-order valence-corrected chi connectivity index (χ1v) is 6.76. The highest BCUT2D eigenvalue weighted by Crippen LogP contribution is 2.21. The SMILES string of the molecule is CCC1COCCN1C(=O)c1cccc2[nH]ccc12. The van der Waals surface area contributed by atoms with Gasteiger partial charge in [0, 0.05) is 29.2 Å². The van der Waals surface area contributed by atoms with Crippen molar-refractivity contribution in [1.29, 1.82) is 0 Å². The molecule has 1 fully saturated rings. The van der Waals surface area contributed by atoms with Gasteiger partial charge in [0.1, 0.15) is 0 Å². The molecule has 1 unspecified atom stereocenters. The molecule has 1 N–H and O–H groups in total. The Morgan fingerprint density at radius 1 is 1.47 bits per heavy atom. The van der Waals surface area contributed by atoms with Crippen molar-refractivity contribution in [3.63, 3.8) is 0 Å². The summed E-state index contributed by atoms with van der Waals surface area (Å²) >= 11 is 0. The first-order chi connectivity index (χ1) is 9.31. The lowest BCUT2D eigenvalue weighted by Crippen LogP contribution is -2.48. The monoisotopic (exact) mass is 258 g/mol. The molecular weight excluding hydrogens is 240 g/mol. The molecule has 0 bridgehead atoms. The van der Waals surface area contributed by atoms with Gasteiger partial charge in [0.25, 0.3) is 5.91 Å². The van der Waals surface area contributed by atoms with Gasteiger partial charge in [0.05, 0.1) is 19.3 Å². The third-order valence-corrected chi connectivity index (χ3v) is 3.79. The smallest absolute Gasteiger partial charge is 0.254 e. The van der Waals surface area contributed by atoms with E-state index in [2.05, 4.69) is 11.9 Å². The van der Waals surface area contributed by atoms with Gasteiger partial charge in [-0.05, 0) is 24.6 Å². The van der Waals surface area contributed by atoms with Crippen LogP contribution in [0, 0.1) is 0 Å². The average Bonchev–Trinajstić information content (AvgIpc) is 2.94. The molecule has 4 heteroatoms. The number of benzene rings is 1. The zero-order valence-electron chi connectivity index (χ0n) is 11.1. The zero-order valence-corrected chi connectivity index (χ0v) is 11.1. The van der Waals surface area contributed by atoms with Crippen LogP contribution in [0.5, 0.6) is 0 Å². The number of amides is 1.